The van der Waals surface area contributed by atoms with E-state index in [2.05, 4.69) is 52.8 Å². The summed E-state index contributed by atoms with van der Waals surface area (Å²) in [4.78, 5) is 67.8. The number of ether oxygens (including phenoxy) is 1. The molecule has 1 aliphatic carbocycles. The summed E-state index contributed by atoms with van der Waals surface area (Å²) in [6.45, 7) is 20.7. The van der Waals surface area contributed by atoms with Crippen LogP contribution in [0.1, 0.15) is 53.4 Å². The van der Waals surface area contributed by atoms with Crippen molar-refractivity contribution in [2.24, 2.45) is 17.8 Å². The largest absolute Gasteiger partial charge is 0.445 e. The normalized spacial score (nSPS) is 27.1. The lowest BCUT2D eigenvalue weighted by atomic mass is 9.70. The first kappa shape index (κ1) is 34.0. The van der Waals surface area contributed by atoms with Crippen LogP contribution in [0.25, 0.3) is 0 Å². The number of likely N-dealkylation sites (tertiary alicyclic amines) is 2. The van der Waals surface area contributed by atoms with Crippen molar-refractivity contribution < 1.29 is 33.1 Å². The molecule has 0 aromatic heterocycles. The molecule has 3 fully saturated rings. The van der Waals surface area contributed by atoms with Gasteiger partial charge in [-0.15, -0.1) is 5.73 Å². The Morgan fingerprint density at radius 2 is 1.88 bits per heavy atom. The Morgan fingerprint density at radius 3 is 2.50 bits per heavy atom. The van der Waals surface area contributed by atoms with Gasteiger partial charge in [0.25, 0.3) is 5.78 Å². The van der Waals surface area contributed by atoms with Crippen molar-refractivity contribution in [1.29, 1.82) is 0 Å². The standard InChI is InChI=1S/C31H46N2O7SSi/c1-9-12-23(34)28(36)33-26(25(29(33)37)20(3)40-42(7,8)31(4,5)6)22-13-11-14-24(27(22)35)41-19-21-15-16-32(18-21)30(38)39-17-10-2/h10,12,20-22,24-26H,1-2,11,13-19H2,3-8H3/t20-,21+,22-,24+,25-,26-/m1/s1. The lowest BCUT2D eigenvalue weighted by Gasteiger charge is -2.53. The lowest BCUT2D eigenvalue weighted by Crippen LogP contribution is -2.71. The van der Waals surface area contributed by atoms with Crippen molar-refractivity contribution in [1.82, 2.24) is 9.80 Å². The summed E-state index contributed by atoms with van der Waals surface area (Å²) in [6.07, 6.45) is 4.46. The molecular weight excluding hydrogens is 573 g/mol. The number of carbonyl (C=O) groups excluding carboxylic acids is 5. The fourth-order valence-electron chi connectivity index (χ4n) is 5.82. The van der Waals surface area contributed by atoms with Crippen LogP contribution >= 0.6 is 11.8 Å². The molecule has 2 heterocycles. The highest BCUT2D eigenvalue weighted by Crippen LogP contribution is 2.45. The maximum absolute atomic E-state index is 13.9. The number of rotatable bonds is 11. The van der Waals surface area contributed by atoms with E-state index in [0.29, 0.717) is 25.9 Å². The fraction of sp³-hybridized carbons (Fsp3) is 0.677. The quantitative estimate of drug-likeness (QED) is 0.0813. The number of carbonyl (C=O) groups is 5. The van der Waals surface area contributed by atoms with Crippen molar-refractivity contribution >= 4 is 49.6 Å². The maximum Gasteiger partial charge on any atom is 0.410 e. The number of Topliss-reactive ketones (excluding diaryl/α,β-unsaturated/α-hetero) is 1. The number of ketones is 2. The Morgan fingerprint density at radius 1 is 1.19 bits per heavy atom. The minimum Gasteiger partial charge on any atom is -0.445 e. The molecule has 2 saturated heterocycles. The second-order valence-corrected chi connectivity index (χ2v) is 19.0. The van der Waals surface area contributed by atoms with Gasteiger partial charge < -0.3 is 14.1 Å². The van der Waals surface area contributed by atoms with E-state index in [4.69, 9.17) is 9.16 Å². The van der Waals surface area contributed by atoms with Gasteiger partial charge in [-0.25, -0.2) is 4.79 Å². The molecule has 1 saturated carbocycles. The molecule has 0 radical (unpaired) electrons. The molecule has 0 spiro atoms. The number of hydrogen-bond acceptors (Lipinski definition) is 8. The molecular formula is C31H46N2O7SSi. The van der Waals surface area contributed by atoms with Crippen LogP contribution in [0.15, 0.2) is 31.0 Å². The molecule has 0 bridgehead atoms. The first-order valence-electron chi connectivity index (χ1n) is 14.8. The van der Waals surface area contributed by atoms with E-state index in [1.807, 2.05) is 6.92 Å². The molecule has 6 atom stereocenters. The molecule has 232 valence electrons. The van der Waals surface area contributed by atoms with Crippen LogP contribution in [0, 0.1) is 17.8 Å². The number of nitrogens with zero attached hydrogens (tertiary/aromatic N) is 2. The summed E-state index contributed by atoms with van der Waals surface area (Å²) in [5.74, 6) is -2.58. The third kappa shape index (κ3) is 7.36. The van der Waals surface area contributed by atoms with Gasteiger partial charge in [0.15, 0.2) is 14.1 Å². The maximum atomic E-state index is 13.9. The zero-order valence-corrected chi connectivity index (χ0v) is 27.7. The van der Waals surface area contributed by atoms with Crippen molar-refractivity contribution in [3.8, 4) is 0 Å². The van der Waals surface area contributed by atoms with E-state index in [1.54, 1.807) is 16.7 Å². The Balaban J connectivity index is 1.75. The van der Waals surface area contributed by atoms with E-state index in [9.17, 15) is 24.0 Å². The number of imide groups is 1. The number of amides is 3. The van der Waals surface area contributed by atoms with Gasteiger partial charge in [0.2, 0.25) is 5.91 Å². The Kier molecular flexibility index (Phi) is 11.3. The van der Waals surface area contributed by atoms with Crippen molar-refractivity contribution in [3.63, 3.8) is 0 Å². The van der Waals surface area contributed by atoms with Crippen molar-refractivity contribution in [2.75, 3.05) is 25.4 Å². The summed E-state index contributed by atoms with van der Waals surface area (Å²) in [7, 11) is -2.26. The van der Waals surface area contributed by atoms with E-state index < -0.39 is 49.9 Å². The zero-order chi connectivity index (χ0) is 31.4. The average Bonchev–Trinajstić information content (AvgIpc) is 3.38. The smallest absolute Gasteiger partial charge is 0.410 e. The summed E-state index contributed by atoms with van der Waals surface area (Å²) < 4.78 is 11.7. The first-order chi connectivity index (χ1) is 19.6. The van der Waals surface area contributed by atoms with Crippen LogP contribution in [-0.2, 0) is 28.3 Å². The molecule has 3 aliphatic rings. The highest BCUT2D eigenvalue weighted by atomic mass is 32.2. The first-order valence-corrected chi connectivity index (χ1v) is 18.7. The Hall–Kier alpha value is -2.46. The Bertz CT molecular complexity index is 1140. The predicted molar refractivity (Wildman–Crippen MR) is 165 cm³/mol. The van der Waals surface area contributed by atoms with Gasteiger partial charge in [-0.3, -0.25) is 24.1 Å². The van der Waals surface area contributed by atoms with Crippen molar-refractivity contribution in [2.45, 2.75) is 88.9 Å². The molecule has 3 rings (SSSR count). The topological polar surface area (TPSA) is 110 Å². The van der Waals surface area contributed by atoms with E-state index in [-0.39, 0.29) is 34.7 Å². The molecule has 9 nitrogen and oxygen atoms in total. The summed E-state index contributed by atoms with van der Waals surface area (Å²) >= 11 is 1.59. The molecule has 0 aromatic carbocycles. The second-order valence-electron chi connectivity index (χ2n) is 13.1. The zero-order valence-electron chi connectivity index (χ0n) is 25.9. The monoisotopic (exact) mass is 618 g/mol. The summed E-state index contributed by atoms with van der Waals surface area (Å²) in [6, 6.07) is -0.732. The van der Waals surface area contributed by atoms with E-state index in [1.165, 1.54) is 6.08 Å². The summed E-state index contributed by atoms with van der Waals surface area (Å²) in [5, 5.41) is -0.371. The van der Waals surface area contributed by atoms with Crippen LogP contribution in [0.3, 0.4) is 0 Å². The van der Waals surface area contributed by atoms with Gasteiger partial charge in [0.1, 0.15) is 6.61 Å². The van der Waals surface area contributed by atoms with Gasteiger partial charge in [-0.2, -0.15) is 11.8 Å². The highest BCUT2D eigenvalue weighted by Gasteiger charge is 2.60. The number of β-lactam (4-membered cyclic amide) rings is 1. The van der Waals surface area contributed by atoms with Gasteiger partial charge in [-0.05, 0) is 56.0 Å². The minimum atomic E-state index is -2.26. The highest BCUT2D eigenvalue weighted by molar-refractivity contribution is 8.00. The average molecular weight is 619 g/mol. The molecule has 42 heavy (non-hydrogen) atoms. The molecule has 3 amide bonds. The molecule has 0 N–H and O–H groups in total. The molecule has 11 heteroatoms. The van der Waals surface area contributed by atoms with E-state index >= 15 is 0 Å². The van der Waals surface area contributed by atoms with Crippen LogP contribution in [0.4, 0.5) is 4.79 Å². The second kappa shape index (κ2) is 13.9. The predicted octanol–water partition coefficient (Wildman–Crippen LogP) is 4.78. The van der Waals surface area contributed by atoms with Gasteiger partial charge in [0, 0.05) is 25.1 Å². The number of hydrogen-bond donors (Lipinski definition) is 0. The van der Waals surface area contributed by atoms with Crippen LogP contribution in [-0.4, -0.2) is 90.4 Å². The fourth-order valence-corrected chi connectivity index (χ4v) is 8.70. The third-order valence-corrected chi connectivity index (χ3v) is 15.2. The van der Waals surface area contributed by atoms with E-state index in [0.717, 1.165) is 29.6 Å². The van der Waals surface area contributed by atoms with Gasteiger partial charge in [0.05, 0.1) is 23.3 Å². The summed E-state index contributed by atoms with van der Waals surface area (Å²) in [5.41, 5.74) is 2.31. The SMILES string of the molecule is C=C=CC(=O)C(=O)N1C(=O)[C@H]([C@@H](C)O[Si](C)(C)C(C)(C)C)[C@H]1[C@H]1CCC[C@H](SC[C@H]2CCN(C(=O)OCC=C)C2)C1=O. The molecule has 0 unspecified atom stereocenters. The van der Waals surface area contributed by atoms with Gasteiger partial charge >= 0.3 is 12.0 Å². The van der Waals surface area contributed by atoms with Gasteiger partial charge in [-0.1, -0.05) is 46.4 Å². The van der Waals surface area contributed by atoms with Crippen LogP contribution < -0.4 is 0 Å². The molecule has 0 aromatic rings. The Labute approximate surface area is 255 Å². The van der Waals surface area contributed by atoms with Crippen LogP contribution in [0.5, 0.6) is 0 Å². The van der Waals surface area contributed by atoms with Crippen molar-refractivity contribution in [3.05, 3.63) is 31.0 Å². The molecule has 2 aliphatic heterocycles. The third-order valence-electron chi connectivity index (χ3n) is 9.12. The number of thioether (sulfide) groups is 1. The van der Waals surface area contributed by atoms with Crippen LogP contribution in [0.2, 0.25) is 18.1 Å². The minimum absolute atomic E-state index is 0.0121. The lowest BCUT2D eigenvalue weighted by molar-refractivity contribution is -0.178.